The van der Waals surface area contributed by atoms with Crippen molar-refractivity contribution in [2.45, 2.75) is 31.7 Å². The summed E-state index contributed by atoms with van der Waals surface area (Å²) in [6.45, 7) is 0.0329. The Morgan fingerprint density at radius 1 is 1.42 bits per heavy atom. The van der Waals surface area contributed by atoms with Crippen LogP contribution in [-0.2, 0) is 16.6 Å². The number of hydrogen-bond acceptors (Lipinski definition) is 3. The molecule has 0 unspecified atom stereocenters. The van der Waals surface area contributed by atoms with E-state index in [1.807, 2.05) is 19.3 Å². The minimum absolute atomic E-state index is 0.0329. The van der Waals surface area contributed by atoms with Crippen LogP contribution in [0.3, 0.4) is 0 Å². The Morgan fingerprint density at radius 2 is 2.11 bits per heavy atom. The summed E-state index contributed by atoms with van der Waals surface area (Å²) in [6, 6.07) is 3.77. The van der Waals surface area contributed by atoms with E-state index in [0.717, 1.165) is 25.7 Å². The lowest BCUT2D eigenvalue weighted by Gasteiger charge is -2.28. The summed E-state index contributed by atoms with van der Waals surface area (Å²) in [5, 5.41) is 0. The molecule has 1 aliphatic carbocycles. The van der Waals surface area contributed by atoms with E-state index in [1.54, 1.807) is 15.5 Å². The summed E-state index contributed by atoms with van der Waals surface area (Å²) in [6.07, 6.45) is 5.99. The molecule has 1 saturated carbocycles. The van der Waals surface area contributed by atoms with Gasteiger partial charge in [-0.1, -0.05) is 12.8 Å². The van der Waals surface area contributed by atoms with Gasteiger partial charge in [-0.3, -0.25) is 9.59 Å². The van der Waals surface area contributed by atoms with Crippen molar-refractivity contribution in [1.29, 1.82) is 0 Å². The number of rotatable bonds is 4. The maximum atomic E-state index is 12.6. The largest absolute Gasteiger partial charge is 0.468 e. The molecule has 1 heterocycles. The van der Waals surface area contributed by atoms with E-state index in [-0.39, 0.29) is 24.5 Å². The molecular formula is C14H20N2O3. The van der Waals surface area contributed by atoms with Gasteiger partial charge in [0.2, 0.25) is 0 Å². The van der Waals surface area contributed by atoms with Crippen molar-refractivity contribution < 1.29 is 14.3 Å². The highest BCUT2D eigenvalue weighted by Crippen LogP contribution is 2.25. The minimum Gasteiger partial charge on any atom is -0.468 e. The van der Waals surface area contributed by atoms with Crippen LogP contribution in [0.1, 0.15) is 36.2 Å². The van der Waals surface area contributed by atoms with E-state index >= 15 is 0 Å². The Labute approximate surface area is 113 Å². The standard InChI is InChI=1S/C14H20N2O3/c1-15-9-5-8-12(15)14(18)16(10-13(17)19-2)11-6-3-4-7-11/h5,8-9,11H,3-4,6-7,10H2,1-2H3. The molecule has 1 aliphatic rings. The van der Waals surface area contributed by atoms with E-state index in [1.165, 1.54) is 7.11 Å². The molecule has 0 N–H and O–H groups in total. The maximum Gasteiger partial charge on any atom is 0.325 e. The highest BCUT2D eigenvalue weighted by atomic mass is 16.5. The van der Waals surface area contributed by atoms with Crippen LogP contribution < -0.4 is 0 Å². The van der Waals surface area contributed by atoms with E-state index in [2.05, 4.69) is 0 Å². The fourth-order valence-corrected chi connectivity index (χ4v) is 2.62. The molecule has 0 atom stereocenters. The number of esters is 1. The van der Waals surface area contributed by atoms with E-state index in [4.69, 9.17) is 4.74 Å². The van der Waals surface area contributed by atoms with Gasteiger partial charge in [0.25, 0.3) is 5.91 Å². The van der Waals surface area contributed by atoms with Crippen molar-refractivity contribution in [3.05, 3.63) is 24.0 Å². The first-order valence-corrected chi connectivity index (χ1v) is 6.62. The summed E-state index contributed by atoms with van der Waals surface area (Å²) >= 11 is 0. The van der Waals surface area contributed by atoms with Crippen LogP contribution in [0.25, 0.3) is 0 Å². The van der Waals surface area contributed by atoms with Crippen LogP contribution in [0, 0.1) is 0 Å². The molecule has 2 rings (SSSR count). The van der Waals surface area contributed by atoms with Crippen LogP contribution >= 0.6 is 0 Å². The summed E-state index contributed by atoms with van der Waals surface area (Å²) < 4.78 is 6.48. The summed E-state index contributed by atoms with van der Waals surface area (Å²) in [7, 11) is 3.18. The predicted molar refractivity (Wildman–Crippen MR) is 70.7 cm³/mol. The molecule has 5 heteroatoms. The third kappa shape index (κ3) is 2.97. The number of ether oxygens (including phenoxy) is 1. The molecule has 1 fully saturated rings. The van der Waals surface area contributed by atoms with Crippen LogP contribution in [-0.4, -0.2) is 41.0 Å². The lowest BCUT2D eigenvalue weighted by atomic mass is 10.2. The quantitative estimate of drug-likeness (QED) is 0.776. The van der Waals surface area contributed by atoms with Gasteiger partial charge in [-0.05, 0) is 25.0 Å². The van der Waals surface area contributed by atoms with Crippen LogP contribution in [0.5, 0.6) is 0 Å². The van der Waals surface area contributed by atoms with Crippen LogP contribution in [0.2, 0.25) is 0 Å². The van der Waals surface area contributed by atoms with Crippen molar-refractivity contribution in [2.24, 2.45) is 7.05 Å². The molecule has 0 bridgehead atoms. The van der Waals surface area contributed by atoms with Crippen molar-refractivity contribution in [2.75, 3.05) is 13.7 Å². The number of amides is 1. The first-order valence-electron chi connectivity index (χ1n) is 6.62. The maximum absolute atomic E-state index is 12.6. The molecule has 1 amide bonds. The lowest BCUT2D eigenvalue weighted by Crippen LogP contribution is -2.43. The molecule has 5 nitrogen and oxygen atoms in total. The average Bonchev–Trinajstić information content (AvgIpc) is 3.05. The number of aromatic nitrogens is 1. The number of nitrogens with zero attached hydrogens (tertiary/aromatic N) is 2. The Bertz CT molecular complexity index is 461. The average molecular weight is 264 g/mol. The molecular weight excluding hydrogens is 244 g/mol. The normalized spacial score (nSPS) is 15.5. The molecule has 1 aromatic rings. The number of carbonyl (C=O) groups excluding carboxylic acids is 2. The predicted octanol–water partition coefficient (Wildman–Crippen LogP) is 1.58. The van der Waals surface area contributed by atoms with Gasteiger partial charge in [0.15, 0.2) is 0 Å². The van der Waals surface area contributed by atoms with Crippen molar-refractivity contribution in [3.8, 4) is 0 Å². The van der Waals surface area contributed by atoms with Crippen molar-refractivity contribution in [3.63, 3.8) is 0 Å². The zero-order valence-electron chi connectivity index (χ0n) is 11.5. The van der Waals surface area contributed by atoms with E-state index in [9.17, 15) is 9.59 Å². The van der Waals surface area contributed by atoms with E-state index < -0.39 is 0 Å². The molecule has 0 aromatic carbocycles. The smallest absolute Gasteiger partial charge is 0.325 e. The highest BCUT2D eigenvalue weighted by Gasteiger charge is 2.30. The third-order valence-corrected chi connectivity index (χ3v) is 3.72. The second kappa shape index (κ2) is 5.91. The fourth-order valence-electron chi connectivity index (χ4n) is 2.62. The topological polar surface area (TPSA) is 51.5 Å². The second-order valence-corrected chi connectivity index (χ2v) is 4.95. The first kappa shape index (κ1) is 13.6. The molecule has 0 saturated heterocycles. The lowest BCUT2D eigenvalue weighted by molar-refractivity contribution is -0.141. The van der Waals surface area contributed by atoms with Gasteiger partial charge < -0.3 is 14.2 Å². The summed E-state index contributed by atoms with van der Waals surface area (Å²) in [5.41, 5.74) is 0.607. The number of aryl methyl sites for hydroxylation is 1. The van der Waals surface area contributed by atoms with Crippen LogP contribution in [0.4, 0.5) is 0 Å². The minimum atomic E-state index is -0.366. The number of methoxy groups -OCH3 is 1. The van der Waals surface area contributed by atoms with E-state index in [0.29, 0.717) is 5.69 Å². The Kier molecular flexibility index (Phi) is 4.24. The zero-order chi connectivity index (χ0) is 13.8. The molecule has 0 aliphatic heterocycles. The molecule has 0 radical (unpaired) electrons. The first-order chi connectivity index (χ1) is 9.13. The second-order valence-electron chi connectivity index (χ2n) is 4.95. The fraction of sp³-hybridized carbons (Fsp3) is 0.571. The highest BCUT2D eigenvalue weighted by molar-refractivity contribution is 5.95. The summed E-state index contributed by atoms with van der Waals surface area (Å²) in [5.74, 6) is -0.459. The molecule has 0 spiro atoms. The van der Waals surface area contributed by atoms with Crippen molar-refractivity contribution in [1.82, 2.24) is 9.47 Å². The monoisotopic (exact) mass is 264 g/mol. The number of hydrogen-bond donors (Lipinski definition) is 0. The summed E-state index contributed by atoms with van der Waals surface area (Å²) in [4.78, 5) is 25.7. The Morgan fingerprint density at radius 3 is 2.63 bits per heavy atom. The van der Waals surface area contributed by atoms with Gasteiger partial charge in [0.1, 0.15) is 12.2 Å². The van der Waals surface area contributed by atoms with Crippen LogP contribution in [0.15, 0.2) is 18.3 Å². The Hall–Kier alpha value is -1.78. The van der Waals surface area contributed by atoms with Gasteiger partial charge in [0.05, 0.1) is 7.11 Å². The van der Waals surface area contributed by atoms with Gasteiger partial charge in [0, 0.05) is 19.3 Å². The van der Waals surface area contributed by atoms with Crippen molar-refractivity contribution >= 4 is 11.9 Å². The Balaban J connectivity index is 2.18. The SMILES string of the molecule is COC(=O)CN(C(=O)c1cccn1C)C1CCCC1. The zero-order valence-corrected chi connectivity index (χ0v) is 11.5. The molecule has 1 aromatic heterocycles. The molecule has 19 heavy (non-hydrogen) atoms. The third-order valence-electron chi connectivity index (χ3n) is 3.72. The number of carbonyl (C=O) groups is 2. The van der Waals surface area contributed by atoms with Gasteiger partial charge in [-0.2, -0.15) is 0 Å². The molecule has 104 valence electrons. The van der Waals surface area contributed by atoms with Gasteiger partial charge in [-0.25, -0.2) is 0 Å². The van der Waals surface area contributed by atoms with Gasteiger partial charge in [-0.15, -0.1) is 0 Å². The van der Waals surface area contributed by atoms with Gasteiger partial charge >= 0.3 is 5.97 Å².